The van der Waals surface area contributed by atoms with Crippen LogP contribution in [0.5, 0.6) is 0 Å². The molecule has 0 aromatic rings. The Kier molecular flexibility index (Phi) is 18.6. The molecule has 8 heteroatoms. The van der Waals surface area contributed by atoms with Gasteiger partial charge in [-0.15, -0.1) is 0 Å². The molecule has 0 bridgehead atoms. The summed E-state index contributed by atoms with van der Waals surface area (Å²) in [5.41, 5.74) is 0. The minimum absolute atomic E-state index is 0.261. The van der Waals surface area contributed by atoms with Crippen LogP contribution in [0, 0.1) is 0 Å². The van der Waals surface area contributed by atoms with E-state index >= 15 is 0 Å². The van der Waals surface area contributed by atoms with Gasteiger partial charge in [0.05, 0.1) is 86.2 Å². The fourth-order valence-electron chi connectivity index (χ4n) is 1.38. The van der Waals surface area contributed by atoms with Gasteiger partial charge in [0.25, 0.3) is 0 Å². The van der Waals surface area contributed by atoms with Crippen molar-refractivity contribution in [3.63, 3.8) is 0 Å². The molecule has 0 saturated heterocycles. The van der Waals surface area contributed by atoms with Crippen molar-refractivity contribution in [3.05, 3.63) is 0 Å². The van der Waals surface area contributed by atoms with E-state index < -0.39 is 0 Å². The molecule has 138 valence electrons. The normalized spacial score (nSPS) is 10.9. The number of esters is 1. The highest BCUT2D eigenvalue weighted by Gasteiger charge is 1.99. The lowest BCUT2D eigenvalue weighted by Gasteiger charge is -2.07. The van der Waals surface area contributed by atoms with E-state index in [0.717, 1.165) is 0 Å². The monoisotopic (exact) mass is 338 g/mol. The van der Waals surface area contributed by atoms with Crippen LogP contribution in [0.2, 0.25) is 0 Å². The van der Waals surface area contributed by atoms with E-state index in [1.54, 1.807) is 7.11 Å². The van der Waals surface area contributed by atoms with Crippen molar-refractivity contribution in [2.45, 2.75) is 6.42 Å². The summed E-state index contributed by atoms with van der Waals surface area (Å²) in [4.78, 5) is 10.8. The molecule has 0 aromatic carbocycles. The Labute approximate surface area is 138 Å². The van der Waals surface area contributed by atoms with Crippen molar-refractivity contribution < 1.29 is 38.0 Å². The molecule has 0 unspecified atom stereocenters. The molecule has 0 rings (SSSR count). The van der Waals surface area contributed by atoms with Gasteiger partial charge in [-0.05, 0) is 0 Å². The third-order valence-electron chi connectivity index (χ3n) is 2.60. The number of hydrogen-bond acceptors (Lipinski definition) is 8. The summed E-state index contributed by atoms with van der Waals surface area (Å²) in [5, 5.41) is 0. The van der Waals surface area contributed by atoms with Crippen LogP contribution >= 0.6 is 0 Å². The van der Waals surface area contributed by atoms with Crippen LogP contribution in [0.25, 0.3) is 0 Å². The molecular formula is C15H30O8. The second-order valence-electron chi connectivity index (χ2n) is 4.38. The van der Waals surface area contributed by atoms with Crippen LogP contribution < -0.4 is 0 Å². The fraction of sp³-hybridized carbons (Fsp3) is 0.933. The van der Waals surface area contributed by atoms with E-state index in [1.165, 1.54) is 7.11 Å². The standard InChI is InChI=1S/C15H30O8/c1-17-5-6-20-9-10-22-13-14-23-12-11-21-8-7-19-4-3-15(16)18-2/h3-14H2,1-2H3. The second kappa shape index (κ2) is 19.3. The first-order chi connectivity index (χ1) is 11.3. The van der Waals surface area contributed by atoms with Crippen molar-refractivity contribution in [2.75, 3.05) is 86.9 Å². The van der Waals surface area contributed by atoms with Crippen molar-refractivity contribution in [3.8, 4) is 0 Å². The zero-order valence-corrected chi connectivity index (χ0v) is 14.3. The quantitative estimate of drug-likeness (QED) is 0.260. The Morgan fingerprint density at radius 2 is 0.913 bits per heavy atom. The van der Waals surface area contributed by atoms with E-state index in [1.807, 2.05) is 0 Å². The number of carbonyl (C=O) groups is 1. The maximum atomic E-state index is 10.8. The van der Waals surface area contributed by atoms with E-state index in [0.29, 0.717) is 72.7 Å². The average molecular weight is 338 g/mol. The van der Waals surface area contributed by atoms with Gasteiger partial charge in [0, 0.05) is 7.11 Å². The van der Waals surface area contributed by atoms with E-state index in [4.69, 9.17) is 28.4 Å². The highest BCUT2D eigenvalue weighted by molar-refractivity contribution is 5.69. The number of hydrogen-bond donors (Lipinski definition) is 0. The van der Waals surface area contributed by atoms with Crippen LogP contribution in [0.1, 0.15) is 6.42 Å². The Morgan fingerprint density at radius 1 is 0.565 bits per heavy atom. The molecule has 0 aliphatic rings. The van der Waals surface area contributed by atoms with Crippen molar-refractivity contribution in [1.82, 2.24) is 0 Å². The Bertz CT molecular complexity index is 250. The SMILES string of the molecule is COCCOCCOCCOCCOCCOCCC(=O)OC. The molecular weight excluding hydrogens is 308 g/mol. The topological polar surface area (TPSA) is 81.7 Å². The first-order valence-electron chi connectivity index (χ1n) is 7.75. The maximum absolute atomic E-state index is 10.8. The first kappa shape index (κ1) is 22.2. The molecule has 0 spiro atoms. The minimum atomic E-state index is -0.275. The summed E-state index contributed by atoms with van der Waals surface area (Å²) < 4.78 is 35.8. The molecule has 0 fully saturated rings. The lowest BCUT2D eigenvalue weighted by atomic mass is 10.5. The van der Waals surface area contributed by atoms with Gasteiger partial charge >= 0.3 is 5.97 Å². The predicted octanol–water partition coefficient (Wildman–Crippen LogP) is 0.279. The van der Waals surface area contributed by atoms with Crippen molar-refractivity contribution in [2.24, 2.45) is 0 Å². The highest BCUT2D eigenvalue weighted by Crippen LogP contribution is 1.87. The number of ether oxygens (including phenoxy) is 7. The largest absolute Gasteiger partial charge is 0.469 e. The van der Waals surface area contributed by atoms with Gasteiger partial charge in [-0.1, -0.05) is 0 Å². The summed E-state index contributed by atoms with van der Waals surface area (Å²) in [5.74, 6) is -0.275. The van der Waals surface area contributed by atoms with Crippen LogP contribution in [0.3, 0.4) is 0 Å². The van der Waals surface area contributed by atoms with Gasteiger partial charge in [-0.25, -0.2) is 0 Å². The van der Waals surface area contributed by atoms with Gasteiger partial charge in [0.1, 0.15) is 0 Å². The zero-order chi connectivity index (χ0) is 17.0. The minimum Gasteiger partial charge on any atom is -0.469 e. The van der Waals surface area contributed by atoms with E-state index in [2.05, 4.69) is 4.74 Å². The Hall–Kier alpha value is -0.770. The molecule has 0 saturated carbocycles. The zero-order valence-electron chi connectivity index (χ0n) is 14.3. The maximum Gasteiger partial charge on any atom is 0.307 e. The molecule has 0 N–H and O–H groups in total. The summed E-state index contributed by atoms with van der Waals surface area (Å²) in [7, 11) is 2.99. The van der Waals surface area contributed by atoms with Gasteiger partial charge in [0.15, 0.2) is 0 Å². The van der Waals surface area contributed by atoms with E-state index in [-0.39, 0.29) is 12.4 Å². The smallest absolute Gasteiger partial charge is 0.307 e. The van der Waals surface area contributed by atoms with Crippen LogP contribution in [-0.2, 0) is 38.0 Å². The molecule has 8 nitrogen and oxygen atoms in total. The van der Waals surface area contributed by atoms with Crippen LogP contribution in [-0.4, -0.2) is 92.9 Å². The summed E-state index contributed by atoms with van der Waals surface area (Å²) in [6.45, 7) is 5.62. The number of rotatable bonds is 18. The lowest BCUT2D eigenvalue weighted by molar-refractivity contribution is -0.141. The van der Waals surface area contributed by atoms with Gasteiger partial charge in [-0.3, -0.25) is 4.79 Å². The highest BCUT2D eigenvalue weighted by atomic mass is 16.6. The second-order valence-corrected chi connectivity index (χ2v) is 4.38. The summed E-state index contributed by atoms with van der Waals surface area (Å²) in [6.07, 6.45) is 0.261. The summed E-state index contributed by atoms with van der Waals surface area (Å²) in [6, 6.07) is 0. The lowest BCUT2D eigenvalue weighted by Crippen LogP contribution is -2.14. The number of methoxy groups -OCH3 is 2. The van der Waals surface area contributed by atoms with Crippen molar-refractivity contribution in [1.29, 1.82) is 0 Å². The third-order valence-corrected chi connectivity index (χ3v) is 2.60. The molecule has 0 aliphatic heterocycles. The Balaban J connectivity index is 2.99. The summed E-state index contributed by atoms with van der Waals surface area (Å²) >= 11 is 0. The fourth-order valence-corrected chi connectivity index (χ4v) is 1.38. The molecule has 0 radical (unpaired) electrons. The van der Waals surface area contributed by atoms with Crippen LogP contribution in [0.4, 0.5) is 0 Å². The number of carbonyl (C=O) groups excluding carboxylic acids is 1. The molecule has 23 heavy (non-hydrogen) atoms. The molecule has 0 heterocycles. The average Bonchev–Trinajstić information content (AvgIpc) is 2.57. The van der Waals surface area contributed by atoms with Gasteiger partial charge < -0.3 is 33.2 Å². The molecule has 0 aromatic heterocycles. The first-order valence-corrected chi connectivity index (χ1v) is 7.75. The van der Waals surface area contributed by atoms with Crippen LogP contribution in [0.15, 0.2) is 0 Å². The molecule has 0 amide bonds. The Morgan fingerprint density at radius 3 is 1.26 bits per heavy atom. The van der Waals surface area contributed by atoms with Crippen molar-refractivity contribution >= 4 is 5.97 Å². The van der Waals surface area contributed by atoms with E-state index in [9.17, 15) is 4.79 Å². The van der Waals surface area contributed by atoms with Gasteiger partial charge in [0.2, 0.25) is 0 Å². The van der Waals surface area contributed by atoms with Gasteiger partial charge in [-0.2, -0.15) is 0 Å². The third kappa shape index (κ3) is 19.2. The predicted molar refractivity (Wildman–Crippen MR) is 82.6 cm³/mol. The molecule has 0 atom stereocenters. The molecule has 0 aliphatic carbocycles.